The number of pyridine rings is 1. The maximum Gasteiger partial charge on any atom is 0.180 e. The second kappa shape index (κ2) is 5.54. The highest BCUT2D eigenvalue weighted by atomic mass is 15.0. The van der Waals surface area contributed by atoms with Crippen LogP contribution >= 0.6 is 0 Å². The Bertz CT molecular complexity index is 485. The Morgan fingerprint density at radius 3 is 2.94 bits per heavy atom. The van der Waals surface area contributed by atoms with Gasteiger partial charge in [-0.1, -0.05) is 6.92 Å². The first kappa shape index (κ1) is 11.7. The Hall–Kier alpha value is -1.75. The van der Waals surface area contributed by atoms with Crippen LogP contribution in [-0.4, -0.2) is 27.5 Å². The van der Waals surface area contributed by atoms with E-state index in [1.165, 1.54) is 0 Å². The zero-order valence-electron chi connectivity index (χ0n) is 9.93. The van der Waals surface area contributed by atoms with Crippen LogP contribution in [0, 0.1) is 0 Å². The zero-order valence-corrected chi connectivity index (χ0v) is 9.93. The molecule has 2 rings (SSSR count). The van der Waals surface area contributed by atoms with E-state index in [0.29, 0.717) is 5.65 Å². The Kier molecular flexibility index (Phi) is 3.82. The van der Waals surface area contributed by atoms with Crippen LogP contribution in [0.1, 0.15) is 19.8 Å². The van der Waals surface area contributed by atoms with E-state index in [0.717, 1.165) is 30.7 Å². The van der Waals surface area contributed by atoms with Crippen molar-refractivity contribution < 1.29 is 0 Å². The summed E-state index contributed by atoms with van der Waals surface area (Å²) in [7, 11) is 0. The molecule has 0 fully saturated rings. The van der Waals surface area contributed by atoms with Crippen molar-refractivity contribution in [1.82, 2.24) is 15.0 Å². The standard InChI is InChI=1S/C12H17N5/c1-2-9(13)5-6-15-11-4-3-10-12(17-11)16-8-7-14-10/h3-4,7-9H,2,5-6,13H2,1H3,(H,15,16,17). The fraction of sp³-hybridized carbons (Fsp3) is 0.417. The third kappa shape index (κ3) is 3.10. The minimum atomic E-state index is 0.253. The van der Waals surface area contributed by atoms with E-state index in [9.17, 15) is 0 Å². The zero-order chi connectivity index (χ0) is 12.1. The van der Waals surface area contributed by atoms with E-state index in [-0.39, 0.29) is 6.04 Å². The summed E-state index contributed by atoms with van der Waals surface area (Å²) in [6, 6.07) is 4.08. The first-order valence-corrected chi connectivity index (χ1v) is 5.87. The van der Waals surface area contributed by atoms with Crippen LogP contribution in [0.2, 0.25) is 0 Å². The summed E-state index contributed by atoms with van der Waals surface area (Å²) in [4.78, 5) is 12.7. The summed E-state index contributed by atoms with van der Waals surface area (Å²) >= 11 is 0. The Labute approximate surface area is 100 Å². The van der Waals surface area contributed by atoms with Crippen LogP contribution < -0.4 is 11.1 Å². The van der Waals surface area contributed by atoms with Crippen molar-refractivity contribution in [1.29, 1.82) is 0 Å². The van der Waals surface area contributed by atoms with Crippen LogP contribution in [0.4, 0.5) is 5.82 Å². The van der Waals surface area contributed by atoms with Gasteiger partial charge in [0.1, 0.15) is 11.3 Å². The van der Waals surface area contributed by atoms with E-state index in [1.54, 1.807) is 12.4 Å². The molecule has 0 bridgehead atoms. The maximum absolute atomic E-state index is 5.84. The van der Waals surface area contributed by atoms with Gasteiger partial charge in [-0.05, 0) is 25.0 Å². The normalized spacial score (nSPS) is 12.6. The monoisotopic (exact) mass is 231 g/mol. The lowest BCUT2D eigenvalue weighted by molar-refractivity contribution is 0.613. The first-order valence-electron chi connectivity index (χ1n) is 5.87. The molecule has 0 amide bonds. The Morgan fingerprint density at radius 1 is 1.29 bits per heavy atom. The molecule has 90 valence electrons. The summed E-state index contributed by atoms with van der Waals surface area (Å²) in [6.45, 7) is 2.92. The van der Waals surface area contributed by atoms with Crippen LogP contribution in [0.3, 0.4) is 0 Å². The molecule has 0 aliphatic carbocycles. The van der Waals surface area contributed by atoms with Crippen LogP contribution in [0.5, 0.6) is 0 Å². The predicted octanol–water partition coefficient (Wildman–Crippen LogP) is 1.56. The fourth-order valence-electron chi connectivity index (χ4n) is 1.54. The molecule has 0 aliphatic rings. The second-order valence-electron chi connectivity index (χ2n) is 3.98. The van der Waals surface area contributed by atoms with E-state index in [4.69, 9.17) is 5.73 Å². The van der Waals surface area contributed by atoms with E-state index in [2.05, 4.69) is 27.2 Å². The summed E-state index contributed by atoms with van der Waals surface area (Å²) in [5, 5.41) is 3.24. The van der Waals surface area contributed by atoms with Gasteiger partial charge in [0, 0.05) is 25.0 Å². The number of rotatable bonds is 5. The molecule has 1 atom stereocenters. The topological polar surface area (TPSA) is 76.7 Å². The molecule has 0 aromatic carbocycles. The van der Waals surface area contributed by atoms with Crippen molar-refractivity contribution in [3.05, 3.63) is 24.5 Å². The maximum atomic E-state index is 5.84. The molecule has 0 spiro atoms. The molecular formula is C12H17N5. The highest BCUT2D eigenvalue weighted by Gasteiger charge is 2.01. The van der Waals surface area contributed by atoms with Gasteiger partial charge < -0.3 is 11.1 Å². The van der Waals surface area contributed by atoms with E-state index < -0.39 is 0 Å². The SMILES string of the molecule is CCC(N)CCNc1ccc2nccnc2n1. The lowest BCUT2D eigenvalue weighted by Gasteiger charge is -2.09. The lowest BCUT2D eigenvalue weighted by Crippen LogP contribution is -2.22. The lowest BCUT2D eigenvalue weighted by atomic mass is 10.2. The fourth-order valence-corrected chi connectivity index (χ4v) is 1.54. The van der Waals surface area contributed by atoms with Gasteiger partial charge in [-0.25, -0.2) is 9.97 Å². The number of nitrogens with two attached hydrogens (primary N) is 1. The van der Waals surface area contributed by atoms with E-state index in [1.807, 2.05) is 12.1 Å². The summed E-state index contributed by atoms with van der Waals surface area (Å²) in [5.74, 6) is 0.821. The van der Waals surface area contributed by atoms with Gasteiger partial charge in [-0.15, -0.1) is 0 Å². The predicted molar refractivity (Wildman–Crippen MR) is 68.7 cm³/mol. The summed E-state index contributed by atoms with van der Waals surface area (Å²) in [6.07, 6.45) is 5.25. The van der Waals surface area contributed by atoms with E-state index >= 15 is 0 Å². The van der Waals surface area contributed by atoms with Crippen LogP contribution in [0.25, 0.3) is 11.2 Å². The molecule has 2 aromatic heterocycles. The summed E-state index contributed by atoms with van der Waals surface area (Å²) < 4.78 is 0. The average molecular weight is 231 g/mol. The van der Waals surface area contributed by atoms with Gasteiger partial charge >= 0.3 is 0 Å². The molecule has 5 nitrogen and oxygen atoms in total. The van der Waals surface area contributed by atoms with Gasteiger partial charge in [0.05, 0.1) is 0 Å². The molecule has 3 N–H and O–H groups in total. The van der Waals surface area contributed by atoms with Crippen molar-refractivity contribution >= 4 is 17.0 Å². The number of fused-ring (bicyclic) bond motifs is 1. The third-order valence-electron chi connectivity index (χ3n) is 2.68. The second-order valence-corrected chi connectivity index (χ2v) is 3.98. The largest absolute Gasteiger partial charge is 0.370 e. The van der Waals surface area contributed by atoms with Gasteiger partial charge in [-0.3, -0.25) is 4.98 Å². The molecule has 0 radical (unpaired) electrons. The van der Waals surface area contributed by atoms with Crippen molar-refractivity contribution in [2.75, 3.05) is 11.9 Å². The molecule has 17 heavy (non-hydrogen) atoms. The molecule has 0 saturated carbocycles. The van der Waals surface area contributed by atoms with Gasteiger partial charge in [0.2, 0.25) is 0 Å². The van der Waals surface area contributed by atoms with Crippen molar-refractivity contribution in [3.63, 3.8) is 0 Å². The number of aromatic nitrogens is 3. The summed E-state index contributed by atoms with van der Waals surface area (Å²) in [5.41, 5.74) is 7.32. The number of nitrogens with one attached hydrogen (secondary N) is 1. The Balaban J connectivity index is 1.99. The molecule has 0 saturated heterocycles. The average Bonchev–Trinajstić information content (AvgIpc) is 2.38. The molecular weight excluding hydrogens is 214 g/mol. The molecule has 5 heteroatoms. The van der Waals surface area contributed by atoms with Crippen molar-refractivity contribution in [2.45, 2.75) is 25.8 Å². The minimum absolute atomic E-state index is 0.253. The number of nitrogens with zero attached hydrogens (tertiary/aromatic N) is 3. The number of anilines is 1. The van der Waals surface area contributed by atoms with Gasteiger partial charge in [0.25, 0.3) is 0 Å². The quantitative estimate of drug-likeness (QED) is 0.816. The van der Waals surface area contributed by atoms with Gasteiger partial charge in [-0.2, -0.15) is 0 Å². The molecule has 0 aliphatic heterocycles. The number of hydrogen-bond donors (Lipinski definition) is 2. The molecule has 1 unspecified atom stereocenters. The third-order valence-corrected chi connectivity index (χ3v) is 2.68. The van der Waals surface area contributed by atoms with Crippen molar-refractivity contribution in [2.24, 2.45) is 5.73 Å². The Morgan fingerprint density at radius 2 is 2.12 bits per heavy atom. The first-order chi connectivity index (χ1) is 8.29. The van der Waals surface area contributed by atoms with Crippen LogP contribution in [0.15, 0.2) is 24.5 Å². The van der Waals surface area contributed by atoms with Crippen LogP contribution in [-0.2, 0) is 0 Å². The van der Waals surface area contributed by atoms with Crippen molar-refractivity contribution in [3.8, 4) is 0 Å². The smallest absolute Gasteiger partial charge is 0.180 e. The minimum Gasteiger partial charge on any atom is -0.370 e. The van der Waals surface area contributed by atoms with Gasteiger partial charge in [0.15, 0.2) is 5.65 Å². The highest BCUT2D eigenvalue weighted by molar-refractivity contribution is 5.71. The molecule has 2 aromatic rings. The molecule has 2 heterocycles. The number of hydrogen-bond acceptors (Lipinski definition) is 5. The highest BCUT2D eigenvalue weighted by Crippen LogP contribution is 2.10.